The summed E-state index contributed by atoms with van der Waals surface area (Å²) in [4.78, 5) is 15.8. The van der Waals surface area contributed by atoms with E-state index in [4.69, 9.17) is 9.47 Å². The number of anilines is 2. The van der Waals surface area contributed by atoms with Crippen LogP contribution in [-0.4, -0.2) is 11.0 Å². The van der Waals surface area contributed by atoms with Crippen molar-refractivity contribution in [2.24, 2.45) is 0 Å². The molecular weight excluding hydrogens is 292 g/mol. The molecule has 1 atom stereocenters. The van der Waals surface area contributed by atoms with Crippen LogP contribution in [0, 0.1) is 0 Å². The molecule has 1 aromatic heterocycles. The maximum Gasteiger partial charge on any atom is 0.305 e. The number of nitrogens with one attached hydrogen (secondary N) is 1. The summed E-state index contributed by atoms with van der Waals surface area (Å²) < 4.78 is 11.4. The van der Waals surface area contributed by atoms with Crippen molar-refractivity contribution in [3.63, 3.8) is 0 Å². The van der Waals surface area contributed by atoms with Crippen molar-refractivity contribution in [2.45, 2.75) is 13.2 Å². The third kappa shape index (κ3) is 2.36. The molecule has 23 heavy (non-hydrogen) atoms. The van der Waals surface area contributed by atoms with Crippen molar-refractivity contribution < 1.29 is 14.3 Å². The van der Waals surface area contributed by atoms with E-state index in [0.29, 0.717) is 17.1 Å². The average Bonchev–Trinajstić information content (AvgIpc) is 2.71. The van der Waals surface area contributed by atoms with Crippen LogP contribution in [0.5, 0.6) is 5.75 Å². The number of nitrogens with zero attached hydrogens (tertiary/aromatic N) is 1. The minimum absolute atomic E-state index is 0.409. The third-order valence-corrected chi connectivity index (χ3v) is 3.72. The van der Waals surface area contributed by atoms with E-state index in [1.54, 1.807) is 12.3 Å². The number of carbonyl (C=O) groups is 1. The lowest BCUT2D eigenvalue weighted by molar-refractivity contribution is -0.161. The molecule has 0 radical (unpaired) electrons. The van der Waals surface area contributed by atoms with Gasteiger partial charge in [-0.3, -0.25) is 4.79 Å². The first-order chi connectivity index (χ1) is 11.2. The fraction of sp³-hybridized carbons (Fsp3) is 0.111. The Morgan fingerprint density at radius 1 is 1.17 bits per heavy atom. The average molecular weight is 306 g/mol. The lowest BCUT2D eigenvalue weighted by Crippen LogP contribution is -2.14. The normalized spacial score (nSPS) is 15.6. The molecule has 0 saturated heterocycles. The zero-order chi connectivity index (χ0) is 15.8. The van der Waals surface area contributed by atoms with Gasteiger partial charge in [0.1, 0.15) is 5.82 Å². The molecule has 5 heteroatoms. The van der Waals surface area contributed by atoms with Crippen LogP contribution in [0.2, 0.25) is 0 Å². The van der Waals surface area contributed by atoms with Gasteiger partial charge in [0.15, 0.2) is 5.75 Å². The molecule has 3 aromatic rings. The fourth-order valence-corrected chi connectivity index (χ4v) is 2.72. The third-order valence-electron chi connectivity index (χ3n) is 3.72. The topological polar surface area (TPSA) is 60.5 Å². The summed E-state index contributed by atoms with van der Waals surface area (Å²) in [7, 11) is 0. The lowest BCUT2D eigenvalue weighted by atomic mass is 10.1. The number of hydrogen-bond donors (Lipinski definition) is 1. The molecule has 5 nitrogen and oxygen atoms in total. The largest absolute Gasteiger partial charge is 0.447 e. The summed E-state index contributed by atoms with van der Waals surface area (Å²) >= 11 is 0. The van der Waals surface area contributed by atoms with Crippen molar-refractivity contribution in [2.75, 3.05) is 5.32 Å². The van der Waals surface area contributed by atoms with E-state index in [-0.39, 0.29) is 0 Å². The molecule has 0 fully saturated rings. The van der Waals surface area contributed by atoms with Crippen LogP contribution >= 0.6 is 0 Å². The number of esters is 1. The van der Waals surface area contributed by atoms with E-state index < -0.39 is 12.3 Å². The van der Waals surface area contributed by atoms with Crippen molar-refractivity contribution >= 4 is 28.2 Å². The Balaban J connectivity index is 1.92. The van der Waals surface area contributed by atoms with Crippen molar-refractivity contribution in [1.29, 1.82) is 0 Å². The summed E-state index contributed by atoms with van der Waals surface area (Å²) in [5.74, 6) is 0.855. The molecule has 2 heterocycles. The standard InChI is InChI=1S/C18H14N2O3/c1-11(21)22-18-14-7-4-10-19-17(14)20-15-9-8-12-5-2-3-6-13(12)16(15)23-18/h2-10,18H,1H3,(H,19,20). The van der Waals surface area contributed by atoms with Gasteiger partial charge in [-0.15, -0.1) is 0 Å². The maximum absolute atomic E-state index is 11.5. The van der Waals surface area contributed by atoms with Gasteiger partial charge in [-0.25, -0.2) is 4.98 Å². The molecular formula is C18H14N2O3. The molecule has 2 aromatic carbocycles. The Bertz CT molecular complexity index is 908. The van der Waals surface area contributed by atoms with Crippen LogP contribution < -0.4 is 10.1 Å². The molecule has 0 aliphatic carbocycles. The Labute approximate surface area is 132 Å². The Hall–Kier alpha value is -3.08. The number of hydrogen-bond acceptors (Lipinski definition) is 5. The van der Waals surface area contributed by atoms with E-state index in [1.807, 2.05) is 42.5 Å². The minimum Gasteiger partial charge on any atom is -0.447 e. The van der Waals surface area contributed by atoms with Gasteiger partial charge < -0.3 is 14.8 Å². The number of aromatic nitrogens is 1. The molecule has 0 saturated carbocycles. The van der Waals surface area contributed by atoms with Gasteiger partial charge in [-0.2, -0.15) is 0 Å². The summed E-state index contributed by atoms with van der Waals surface area (Å²) in [5, 5.41) is 5.27. The highest BCUT2D eigenvalue weighted by Crippen LogP contribution is 2.42. The SMILES string of the molecule is CC(=O)OC1Oc2c(ccc3ccccc23)Nc2ncccc21. The van der Waals surface area contributed by atoms with Crippen LogP contribution in [0.3, 0.4) is 0 Å². The van der Waals surface area contributed by atoms with Crippen molar-refractivity contribution in [3.05, 3.63) is 60.3 Å². The molecule has 1 aliphatic heterocycles. The summed E-state index contributed by atoms with van der Waals surface area (Å²) in [5.41, 5.74) is 1.47. The molecule has 0 spiro atoms. The molecule has 0 amide bonds. The van der Waals surface area contributed by atoms with E-state index in [9.17, 15) is 4.79 Å². The van der Waals surface area contributed by atoms with E-state index in [2.05, 4.69) is 10.3 Å². The van der Waals surface area contributed by atoms with Crippen LogP contribution in [0.25, 0.3) is 10.8 Å². The monoisotopic (exact) mass is 306 g/mol. The molecule has 0 bridgehead atoms. The Morgan fingerprint density at radius 3 is 2.91 bits per heavy atom. The molecule has 4 rings (SSSR count). The second kappa shape index (κ2) is 5.28. The number of pyridine rings is 1. The molecule has 114 valence electrons. The minimum atomic E-state index is -0.837. The smallest absolute Gasteiger partial charge is 0.305 e. The van der Waals surface area contributed by atoms with Gasteiger partial charge in [-0.1, -0.05) is 30.3 Å². The van der Waals surface area contributed by atoms with Gasteiger partial charge in [0.2, 0.25) is 0 Å². The first kappa shape index (κ1) is 13.6. The zero-order valence-corrected chi connectivity index (χ0v) is 12.4. The number of carbonyl (C=O) groups excluding carboxylic acids is 1. The number of ether oxygens (including phenoxy) is 2. The predicted octanol–water partition coefficient (Wildman–Crippen LogP) is 3.93. The zero-order valence-electron chi connectivity index (χ0n) is 12.4. The van der Waals surface area contributed by atoms with Crippen molar-refractivity contribution in [3.8, 4) is 5.75 Å². The molecule has 1 unspecified atom stereocenters. The first-order valence-corrected chi connectivity index (χ1v) is 7.30. The van der Waals surface area contributed by atoms with Gasteiger partial charge in [-0.05, 0) is 23.6 Å². The highest BCUT2D eigenvalue weighted by molar-refractivity contribution is 5.94. The van der Waals surface area contributed by atoms with Crippen LogP contribution in [0.15, 0.2) is 54.7 Å². The number of benzene rings is 2. The summed E-state index contributed by atoms with van der Waals surface area (Å²) in [6, 6.07) is 15.5. The van der Waals surface area contributed by atoms with Crippen molar-refractivity contribution in [1.82, 2.24) is 4.98 Å². The van der Waals surface area contributed by atoms with Crippen LogP contribution in [-0.2, 0) is 9.53 Å². The first-order valence-electron chi connectivity index (χ1n) is 7.30. The number of rotatable bonds is 1. The molecule has 1 N–H and O–H groups in total. The summed E-state index contributed by atoms with van der Waals surface area (Å²) in [6.07, 6.45) is 0.846. The maximum atomic E-state index is 11.5. The van der Waals surface area contributed by atoms with E-state index in [0.717, 1.165) is 16.5 Å². The van der Waals surface area contributed by atoms with Gasteiger partial charge in [0, 0.05) is 18.5 Å². The fourth-order valence-electron chi connectivity index (χ4n) is 2.72. The van der Waals surface area contributed by atoms with Crippen LogP contribution in [0.4, 0.5) is 11.5 Å². The van der Waals surface area contributed by atoms with Gasteiger partial charge in [0.05, 0.1) is 11.3 Å². The van der Waals surface area contributed by atoms with Gasteiger partial charge in [0.25, 0.3) is 6.29 Å². The Kier molecular flexibility index (Phi) is 3.12. The predicted molar refractivity (Wildman–Crippen MR) is 86.6 cm³/mol. The molecule has 1 aliphatic rings. The van der Waals surface area contributed by atoms with Crippen LogP contribution in [0.1, 0.15) is 18.8 Å². The second-order valence-corrected chi connectivity index (χ2v) is 5.29. The summed E-state index contributed by atoms with van der Waals surface area (Å²) in [6.45, 7) is 1.36. The number of fused-ring (bicyclic) bond motifs is 4. The van der Waals surface area contributed by atoms with Gasteiger partial charge >= 0.3 is 5.97 Å². The van der Waals surface area contributed by atoms with E-state index >= 15 is 0 Å². The highest BCUT2D eigenvalue weighted by Gasteiger charge is 2.27. The highest BCUT2D eigenvalue weighted by atomic mass is 16.7. The van der Waals surface area contributed by atoms with E-state index in [1.165, 1.54) is 6.92 Å². The Morgan fingerprint density at radius 2 is 2.04 bits per heavy atom. The lowest BCUT2D eigenvalue weighted by Gasteiger charge is -2.18. The quantitative estimate of drug-likeness (QED) is 0.690. The second-order valence-electron chi connectivity index (χ2n) is 5.29.